The van der Waals surface area contributed by atoms with E-state index in [9.17, 15) is 0 Å². The summed E-state index contributed by atoms with van der Waals surface area (Å²) >= 11 is 0. The van der Waals surface area contributed by atoms with E-state index in [-0.39, 0.29) is 32.7 Å². The van der Waals surface area contributed by atoms with Gasteiger partial charge < -0.3 is 12.2 Å². The summed E-state index contributed by atoms with van der Waals surface area (Å²) in [6.45, 7) is 0.561. The van der Waals surface area contributed by atoms with E-state index in [0.717, 1.165) is 6.42 Å². The van der Waals surface area contributed by atoms with Crippen LogP contribution in [0.2, 0.25) is 0 Å². The molecule has 1 radical (unpaired) electrons. The van der Waals surface area contributed by atoms with E-state index in [4.69, 9.17) is 5.73 Å². The second-order valence-corrected chi connectivity index (χ2v) is 2.44. The minimum absolute atomic E-state index is 0. The molecule has 0 aromatic carbocycles. The Labute approximate surface area is 88.3 Å². The fraction of sp³-hybridized carbons (Fsp3) is 0.625. The van der Waals surface area contributed by atoms with Crippen LogP contribution in [0.25, 0.3) is 5.73 Å². The predicted octanol–water partition coefficient (Wildman–Crippen LogP) is 2.60. The van der Waals surface area contributed by atoms with Crippen molar-refractivity contribution in [2.45, 2.75) is 19.3 Å². The molecule has 0 bridgehead atoms. The first-order valence-electron chi connectivity index (χ1n) is 3.58. The van der Waals surface area contributed by atoms with Gasteiger partial charge in [-0.3, -0.25) is 0 Å². The van der Waals surface area contributed by atoms with Crippen LogP contribution < -0.4 is 0 Å². The van der Waals surface area contributed by atoms with Gasteiger partial charge >= 0.3 is 0 Å². The molecule has 0 heterocycles. The standard InChI is InChI=1S/C8H13N.Y/c9-7-6-8-4-2-1-3-5-8;/h2,4-5,8-9H,1,3,6-7H2;/q-2;. The Balaban J connectivity index is 0.000000810. The predicted molar refractivity (Wildman–Crippen MR) is 40.0 cm³/mol. The van der Waals surface area contributed by atoms with Crippen LogP contribution in [0.1, 0.15) is 19.3 Å². The molecule has 1 nitrogen and oxygen atoms in total. The monoisotopic (exact) mass is 212 g/mol. The van der Waals surface area contributed by atoms with Gasteiger partial charge in [-0.15, -0.1) is 6.08 Å². The molecule has 1 aliphatic carbocycles. The molecule has 10 heavy (non-hydrogen) atoms. The molecule has 1 N–H and O–H groups in total. The zero-order valence-corrected chi connectivity index (χ0v) is 9.05. The second-order valence-electron chi connectivity index (χ2n) is 2.44. The zero-order chi connectivity index (χ0) is 6.53. The Hall–Kier alpha value is 0.804. The minimum Gasteiger partial charge on any atom is -0.677 e. The van der Waals surface area contributed by atoms with Crippen LogP contribution in [-0.4, -0.2) is 6.54 Å². The van der Waals surface area contributed by atoms with Gasteiger partial charge in [-0.1, -0.05) is 18.9 Å². The average molecular weight is 212 g/mol. The first-order valence-corrected chi connectivity index (χ1v) is 3.58. The molecule has 0 aromatic heterocycles. The van der Waals surface area contributed by atoms with Crippen molar-refractivity contribution in [1.82, 2.24) is 0 Å². The van der Waals surface area contributed by atoms with E-state index in [2.05, 4.69) is 18.6 Å². The molecule has 2 heteroatoms. The topological polar surface area (TPSA) is 23.8 Å². The molecule has 0 saturated heterocycles. The van der Waals surface area contributed by atoms with E-state index in [1.54, 1.807) is 0 Å². The van der Waals surface area contributed by atoms with Gasteiger partial charge in [-0.2, -0.15) is 18.9 Å². The smallest absolute Gasteiger partial charge is 0 e. The van der Waals surface area contributed by atoms with Crippen molar-refractivity contribution in [1.29, 1.82) is 0 Å². The molecule has 1 rings (SSSR count). The summed E-state index contributed by atoms with van der Waals surface area (Å²) in [7, 11) is 0. The van der Waals surface area contributed by atoms with E-state index >= 15 is 0 Å². The van der Waals surface area contributed by atoms with Gasteiger partial charge in [-0.25, -0.2) is 0 Å². The van der Waals surface area contributed by atoms with Crippen LogP contribution in [0.5, 0.6) is 0 Å². The Bertz CT molecular complexity index is 101. The van der Waals surface area contributed by atoms with Crippen molar-refractivity contribution in [3.05, 3.63) is 24.3 Å². The first kappa shape index (κ1) is 10.8. The molecule has 55 valence electrons. The number of rotatable bonds is 2. The van der Waals surface area contributed by atoms with Crippen molar-refractivity contribution in [3.8, 4) is 0 Å². The molecule has 0 amide bonds. The van der Waals surface area contributed by atoms with Crippen molar-refractivity contribution >= 4 is 0 Å². The van der Waals surface area contributed by atoms with Gasteiger partial charge in [0.1, 0.15) is 0 Å². The maximum absolute atomic E-state index is 6.99. The van der Waals surface area contributed by atoms with Crippen LogP contribution in [0.4, 0.5) is 0 Å². The maximum atomic E-state index is 6.99. The quantitative estimate of drug-likeness (QED) is 0.496. The van der Waals surface area contributed by atoms with E-state index in [0.29, 0.717) is 12.5 Å². The van der Waals surface area contributed by atoms with E-state index in [1.165, 1.54) is 12.8 Å². The molecule has 1 aliphatic rings. The average Bonchev–Trinajstić information content (AvgIpc) is 1.91. The van der Waals surface area contributed by atoms with Crippen LogP contribution >= 0.6 is 0 Å². The van der Waals surface area contributed by atoms with Crippen molar-refractivity contribution in [2.75, 3.05) is 6.54 Å². The van der Waals surface area contributed by atoms with E-state index in [1.807, 2.05) is 0 Å². The first-order chi connectivity index (χ1) is 4.43. The number of hydrogen-bond donors (Lipinski definition) is 0. The summed E-state index contributed by atoms with van der Waals surface area (Å²) in [5.74, 6) is 0.608. The second kappa shape index (κ2) is 6.51. The molecule has 1 unspecified atom stereocenters. The van der Waals surface area contributed by atoms with Crippen LogP contribution in [0.3, 0.4) is 0 Å². The SMILES string of the molecule is [NH-]CCC1C=CCC[CH-]1.[Y]. The third kappa shape index (κ3) is 3.85. The van der Waals surface area contributed by atoms with Gasteiger partial charge in [0.15, 0.2) is 0 Å². The molecule has 0 fully saturated rings. The summed E-state index contributed by atoms with van der Waals surface area (Å²) in [5, 5.41) is 0. The van der Waals surface area contributed by atoms with E-state index < -0.39 is 0 Å². The normalized spacial score (nSPS) is 23.9. The Morgan fingerprint density at radius 3 is 2.90 bits per heavy atom. The number of allylic oxidation sites excluding steroid dienone is 2. The third-order valence-electron chi connectivity index (χ3n) is 1.66. The molecule has 0 spiro atoms. The molecule has 0 aliphatic heterocycles. The largest absolute Gasteiger partial charge is 0.677 e. The zero-order valence-electron chi connectivity index (χ0n) is 6.22. The van der Waals surface area contributed by atoms with Crippen LogP contribution in [0.15, 0.2) is 12.2 Å². The Kier molecular flexibility index (Phi) is 7.03. The summed E-state index contributed by atoms with van der Waals surface area (Å²) in [5.41, 5.74) is 6.99. The van der Waals surface area contributed by atoms with Gasteiger partial charge in [0.25, 0.3) is 0 Å². The minimum atomic E-state index is 0. The molecule has 1 atom stereocenters. The summed E-state index contributed by atoms with van der Waals surface area (Å²) < 4.78 is 0. The van der Waals surface area contributed by atoms with Crippen LogP contribution in [-0.2, 0) is 32.7 Å². The Morgan fingerprint density at radius 2 is 2.40 bits per heavy atom. The van der Waals surface area contributed by atoms with Crippen molar-refractivity contribution in [3.63, 3.8) is 0 Å². The number of nitrogens with one attached hydrogen (secondary N) is 1. The molecular formula is C8H13NY-2. The molecule has 0 saturated carbocycles. The summed E-state index contributed by atoms with van der Waals surface area (Å²) in [4.78, 5) is 0. The van der Waals surface area contributed by atoms with Gasteiger partial charge in [-0.05, 0) is 0 Å². The van der Waals surface area contributed by atoms with Gasteiger partial charge in [0, 0.05) is 32.7 Å². The summed E-state index contributed by atoms with van der Waals surface area (Å²) in [6.07, 6.45) is 10.2. The fourth-order valence-electron chi connectivity index (χ4n) is 1.14. The van der Waals surface area contributed by atoms with Crippen molar-refractivity contribution < 1.29 is 32.7 Å². The fourth-order valence-corrected chi connectivity index (χ4v) is 1.14. The summed E-state index contributed by atoms with van der Waals surface area (Å²) in [6, 6.07) is 0. The maximum Gasteiger partial charge on any atom is 0 e. The molecule has 0 aromatic rings. The number of hydrogen-bond acceptors (Lipinski definition) is 0. The van der Waals surface area contributed by atoms with Crippen LogP contribution in [0, 0.1) is 12.3 Å². The van der Waals surface area contributed by atoms with Gasteiger partial charge in [0.05, 0.1) is 0 Å². The van der Waals surface area contributed by atoms with Crippen molar-refractivity contribution in [2.24, 2.45) is 5.92 Å². The third-order valence-corrected chi connectivity index (χ3v) is 1.66. The van der Waals surface area contributed by atoms with Gasteiger partial charge in [0.2, 0.25) is 0 Å². The molecular weight excluding hydrogens is 199 g/mol. The Morgan fingerprint density at radius 1 is 1.60 bits per heavy atom.